The molecule has 6 nitrogen and oxygen atoms in total. The van der Waals surface area contributed by atoms with Gasteiger partial charge in [-0.1, -0.05) is 6.07 Å². The predicted octanol–water partition coefficient (Wildman–Crippen LogP) is 0.156. The third-order valence-corrected chi connectivity index (χ3v) is 3.17. The summed E-state index contributed by atoms with van der Waals surface area (Å²) in [4.78, 5) is 13.1. The van der Waals surface area contributed by atoms with Crippen LogP contribution in [0.5, 0.6) is 0 Å². The van der Waals surface area contributed by atoms with Gasteiger partial charge in [-0.2, -0.15) is 0 Å². The molecule has 1 aromatic carbocycles. The molecular formula is C11H14N2O4S. The van der Waals surface area contributed by atoms with Gasteiger partial charge in [0.25, 0.3) is 0 Å². The van der Waals surface area contributed by atoms with Gasteiger partial charge in [0.05, 0.1) is 31.0 Å². The third kappa shape index (κ3) is 2.99. The molecule has 1 aliphatic rings. The van der Waals surface area contributed by atoms with Gasteiger partial charge in [0.15, 0.2) is 0 Å². The van der Waals surface area contributed by atoms with Crippen LogP contribution in [-0.2, 0) is 14.8 Å². The Bertz CT molecular complexity index is 570. The Morgan fingerprint density at radius 2 is 2.17 bits per heavy atom. The second-order valence-electron chi connectivity index (χ2n) is 4.29. The van der Waals surface area contributed by atoms with E-state index in [0.29, 0.717) is 11.4 Å². The van der Waals surface area contributed by atoms with E-state index < -0.39 is 16.1 Å². The highest BCUT2D eigenvalue weighted by Crippen LogP contribution is 2.24. The van der Waals surface area contributed by atoms with Crippen molar-refractivity contribution >= 4 is 27.3 Å². The van der Waals surface area contributed by atoms with Crippen molar-refractivity contribution in [2.75, 3.05) is 22.4 Å². The van der Waals surface area contributed by atoms with Crippen LogP contribution in [0.25, 0.3) is 0 Å². The van der Waals surface area contributed by atoms with E-state index in [2.05, 4.69) is 4.72 Å². The second kappa shape index (κ2) is 4.58. The van der Waals surface area contributed by atoms with Gasteiger partial charge in [-0.3, -0.25) is 9.52 Å². The van der Waals surface area contributed by atoms with E-state index in [1.54, 1.807) is 24.3 Å². The van der Waals surface area contributed by atoms with Gasteiger partial charge in [0, 0.05) is 5.69 Å². The van der Waals surface area contributed by atoms with E-state index in [1.807, 2.05) is 0 Å². The van der Waals surface area contributed by atoms with Gasteiger partial charge in [0.1, 0.15) is 0 Å². The molecule has 0 aliphatic carbocycles. The number of nitrogens with zero attached hydrogens (tertiary/aromatic N) is 1. The summed E-state index contributed by atoms with van der Waals surface area (Å²) >= 11 is 0. The van der Waals surface area contributed by atoms with E-state index in [4.69, 9.17) is 0 Å². The van der Waals surface area contributed by atoms with E-state index in [-0.39, 0.29) is 18.9 Å². The maximum absolute atomic E-state index is 11.6. The van der Waals surface area contributed by atoms with E-state index in [0.717, 1.165) is 6.26 Å². The number of nitrogens with one attached hydrogen (secondary N) is 1. The average Bonchev–Trinajstić information content (AvgIpc) is 2.55. The molecular weight excluding hydrogens is 256 g/mol. The largest absolute Gasteiger partial charge is 0.391 e. The SMILES string of the molecule is CS(=O)(=O)Nc1cccc(N2CC(O)CC2=O)c1. The Balaban J connectivity index is 2.25. The van der Waals surface area contributed by atoms with Crippen molar-refractivity contribution in [2.24, 2.45) is 0 Å². The highest BCUT2D eigenvalue weighted by Gasteiger charge is 2.29. The lowest BCUT2D eigenvalue weighted by molar-refractivity contribution is -0.117. The minimum atomic E-state index is -3.34. The fourth-order valence-corrected chi connectivity index (χ4v) is 2.44. The summed E-state index contributed by atoms with van der Waals surface area (Å²) in [6.07, 6.45) is 0.498. The number of rotatable bonds is 3. The molecule has 0 saturated carbocycles. The van der Waals surface area contributed by atoms with Gasteiger partial charge < -0.3 is 10.0 Å². The molecule has 18 heavy (non-hydrogen) atoms. The second-order valence-corrected chi connectivity index (χ2v) is 6.04. The molecule has 1 aromatic rings. The maximum Gasteiger partial charge on any atom is 0.229 e. The smallest absolute Gasteiger partial charge is 0.229 e. The van der Waals surface area contributed by atoms with Crippen molar-refractivity contribution in [3.63, 3.8) is 0 Å². The molecule has 2 rings (SSSR count). The number of aliphatic hydroxyl groups excluding tert-OH is 1. The number of carbonyl (C=O) groups excluding carboxylic acids is 1. The Morgan fingerprint density at radius 1 is 1.44 bits per heavy atom. The van der Waals surface area contributed by atoms with E-state index >= 15 is 0 Å². The zero-order valence-corrected chi connectivity index (χ0v) is 10.6. The molecule has 1 heterocycles. The normalized spacial score (nSPS) is 20.2. The van der Waals surface area contributed by atoms with Crippen molar-refractivity contribution in [1.29, 1.82) is 0 Å². The minimum absolute atomic E-state index is 0.101. The Morgan fingerprint density at radius 3 is 2.72 bits per heavy atom. The minimum Gasteiger partial charge on any atom is -0.391 e. The first kappa shape index (κ1) is 12.8. The summed E-state index contributed by atoms with van der Waals surface area (Å²) in [7, 11) is -3.34. The quantitative estimate of drug-likeness (QED) is 0.819. The zero-order chi connectivity index (χ0) is 13.3. The number of hydrogen-bond acceptors (Lipinski definition) is 4. The predicted molar refractivity (Wildman–Crippen MR) is 67.9 cm³/mol. The van der Waals surface area contributed by atoms with E-state index in [1.165, 1.54) is 4.90 Å². The van der Waals surface area contributed by atoms with Gasteiger partial charge in [0.2, 0.25) is 15.9 Å². The fourth-order valence-electron chi connectivity index (χ4n) is 1.89. The molecule has 0 radical (unpaired) electrons. The van der Waals surface area contributed by atoms with Crippen LogP contribution in [0.15, 0.2) is 24.3 Å². The van der Waals surface area contributed by atoms with Crippen LogP contribution in [-0.4, -0.2) is 38.3 Å². The van der Waals surface area contributed by atoms with Crippen molar-refractivity contribution in [3.05, 3.63) is 24.3 Å². The van der Waals surface area contributed by atoms with Crippen LogP contribution in [0.1, 0.15) is 6.42 Å². The average molecular weight is 270 g/mol. The Hall–Kier alpha value is -1.60. The first-order valence-electron chi connectivity index (χ1n) is 5.41. The molecule has 7 heteroatoms. The summed E-state index contributed by atoms with van der Waals surface area (Å²) in [6.45, 7) is 0.237. The lowest BCUT2D eigenvalue weighted by Gasteiger charge is -2.16. The van der Waals surface area contributed by atoms with Crippen LogP contribution in [0.4, 0.5) is 11.4 Å². The van der Waals surface area contributed by atoms with Crippen molar-refractivity contribution in [3.8, 4) is 0 Å². The van der Waals surface area contributed by atoms with Crippen LogP contribution < -0.4 is 9.62 Å². The van der Waals surface area contributed by atoms with Gasteiger partial charge in [-0.05, 0) is 18.2 Å². The summed E-state index contributed by atoms with van der Waals surface area (Å²) in [5, 5.41) is 9.41. The summed E-state index contributed by atoms with van der Waals surface area (Å²) < 4.78 is 24.6. The van der Waals surface area contributed by atoms with E-state index in [9.17, 15) is 18.3 Å². The molecule has 1 unspecified atom stereocenters. The molecule has 1 fully saturated rings. The van der Waals surface area contributed by atoms with Gasteiger partial charge >= 0.3 is 0 Å². The Labute approximate surface area is 105 Å². The number of benzene rings is 1. The highest BCUT2D eigenvalue weighted by atomic mass is 32.2. The van der Waals surface area contributed by atoms with Gasteiger partial charge in [-0.15, -0.1) is 0 Å². The summed E-state index contributed by atoms with van der Waals surface area (Å²) in [5.41, 5.74) is 0.967. The van der Waals surface area contributed by atoms with Crippen LogP contribution in [0.2, 0.25) is 0 Å². The molecule has 1 atom stereocenters. The van der Waals surface area contributed by atoms with Crippen LogP contribution in [0, 0.1) is 0 Å². The van der Waals surface area contributed by atoms with Crippen molar-refractivity contribution < 1.29 is 18.3 Å². The number of amides is 1. The third-order valence-electron chi connectivity index (χ3n) is 2.57. The number of β-amino-alcohol motifs (C(OH)–C–C–N with tert-alkyl or cyclic N) is 1. The summed E-state index contributed by atoms with van der Waals surface area (Å²) in [6, 6.07) is 6.52. The maximum atomic E-state index is 11.6. The molecule has 1 amide bonds. The van der Waals surface area contributed by atoms with Crippen molar-refractivity contribution in [1.82, 2.24) is 0 Å². The fraction of sp³-hybridized carbons (Fsp3) is 0.364. The van der Waals surface area contributed by atoms with Crippen LogP contribution >= 0.6 is 0 Å². The molecule has 2 N–H and O–H groups in total. The number of hydrogen-bond donors (Lipinski definition) is 2. The Kier molecular flexibility index (Phi) is 3.27. The molecule has 0 spiro atoms. The monoisotopic (exact) mass is 270 g/mol. The lowest BCUT2D eigenvalue weighted by Crippen LogP contribution is -2.25. The van der Waals surface area contributed by atoms with Crippen molar-refractivity contribution in [2.45, 2.75) is 12.5 Å². The molecule has 98 valence electrons. The molecule has 0 bridgehead atoms. The topological polar surface area (TPSA) is 86.7 Å². The lowest BCUT2D eigenvalue weighted by atomic mass is 10.2. The number of aliphatic hydroxyl groups is 1. The molecule has 1 saturated heterocycles. The first-order valence-corrected chi connectivity index (χ1v) is 7.30. The van der Waals surface area contributed by atoms with Crippen LogP contribution in [0.3, 0.4) is 0 Å². The zero-order valence-electron chi connectivity index (χ0n) is 9.83. The molecule has 0 aromatic heterocycles. The first-order chi connectivity index (χ1) is 8.35. The van der Waals surface area contributed by atoms with Gasteiger partial charge in [-0.25, -0.2) is 8.42 Å². The molecule has 1 aliphatic heterocycles. The number of anilines is 2. The number of sulfonamides is 1. The highest BCUT2D eigenvalue weighted by molar-refractivity contribution is 7.92. The standard InChI is InChI=1S/C11H14N2O4S/c1-18(16,17)12-8-3-2-4-9(5-8)13-7-10(14)6-11(13)15/h2-5,10,12,14H,6-7H2,1H3. The summed E-state index contributed by atoms with van der Waals surface area (Å²) in [5.74, 6) is -0.168. The number of carbonyl (C=O) groups is 1.